The number of rotatable bonds is 0. The first-order valence-electron chi connectivity index (χ1n) is 4.28. The van der Waals surface area contributed by atoms with Gasteiger partial charge in [0.05, 0.1) is 6.20 Å². The van der Waals surface area contributed by atoms with Crippen LogP contribution in [0.5, 0.6) is 0 Å². The van der Waals surface area contributed by atoms with Gasteiger partial charge in [-0.15, -0.1) is 0 Å². The van der Waals surface area contributed by atoms with Crippen molar-refractivity contribution < 1.29 is 4.52 Å². The van der Waals surface area contributed by atoms with Crippen LogP contribution in [-0.4, -0.2) is 5.16 Å². The van der Waals surface area contributed by atoms with Crippen LogP contribution in [-0.2, 0) is 0 Å². The zero-order chi connectivity index (χ0) is 10.4. The molecule has 0 aliphatic carbocycles. The molecule has 0 saturated heterocycles. The van der Waals surface area contributed by atoms with Crippen molar-refractivity contribution in [3.8, 4) is 0 Å². The highest BCUT2D eigenvalue weighted by atomic mass is 35.5. The van der Waals surface area contributed by atoms with E-state index in [0.717, 1.165) is 10.8 Å². The molecule has 2 nitrogen and oxygen atoms in total. The third kappa shape index (κ3) is 4.10. The molecule has 0 bridgehead atoms. The maximum Gasteiger partial charge on any atom is 0.133 e. The minimum Gasteiger partial charge on any atom is -0.362 e. The molecule has 0 radical (unpaired) electrons. The zero-order valence-corrected chi connectivity index (χ0v) is 8.95. The summed E-state index contributed by atoms with van der Waals surface area (Å²) in [6.45, 7) is 3.89. The monoisotopic (exact) mass is 209 g/mol. The average molecular weight is 210 g/mol. The first kappa shape index (κ1) is 10.8. The van der Waals surface area contributed by atoms with E-state index in [0.29, 0.717) is 0 Å². The molecule has 0 fully saturated rings. The summed E-state index contributed by atoms with van der Waals surface area (Å²) in [7, 11) is 0. The number of nitrogens with zero attached hydrogens (tertiary/aromatic N) is 1. The number of hydrogen-bond acceptors (Lipinski definition) is 2. The van der Waals surface area contributed by atoms with Crippen LogP contribution in [0.25, 0.3) is 0 Å². The van der Waals surface area contributed by atoms with Gasteiger partial charge in [-0.05, 0) is 26.0 Å². The first-order chi connectivity index (χ1) is 6.68. The Morgan fingerprint density at radius 2 is 1.71 bits per heavy atom. The topological polar surface area (TPSA) is 26.0 Å². The van der Waals surface area contributed by atoms with Gasteiger partial charge in [0, 0.05) is 11.1 Å². The third-order valence-electron chi connectivity index (χ3n) is 1.58. The van der Waals surface area contributed by atoms with Crippen LogP contribution >= 0.6 is 11.6 Å². The number of aryl methyl sites for hydroxylation is 2. The Kier molecular flexibility index (Phi) is 4.20. The maximum atomic E-state index is 5.61. The van der Waals surface area contributed by atoms with Crippen molar-refractivity contribution in [2.45, 2.75) is 13.8 Å². The van der Waals surface area contributed by atoms with Crippen molar-refractivity contribution in [1.82, 2.24) is 5.16 Å². The Morgan fingerprint density at radius 1 is 1.07 bits per heavy atom. The van der Waals surface area contributed by atoms with Gasteiger partial charge < -0.3 is 4.52 Å². The van der Waals surface area contributed by atoms with Crippen LogP contribution in [0.1, 0.15) is 11.3 Å². The summed E-state index contributed by atoms with van der Waals surface area (Å²) in [6.07, 6.45) is 1.62. The molecular weight excluding hydrogens is 198 g/mol. The van der Waals surface area contributed by atoms with Crippen molar-refractivity contribution in [2.75, 3.05) is 0 Å². The number of aromatic nitrogens is 1. The van der Waals surface area contributed by atoms with Gasteiger partial charge in [0.15, 0.2) is 0 Å². The van der Waals surface area contributed by atoms with Crippen LogP contribution in [0.2, 0.25) is 5.02 Å². The average Bonchev–Trinajstić information content (AvgIpc) is 2.63. The molecule has 0 aliphatic rings. The van der Waals surface area contributed by atoms with Crippen LogP contribution < -0.4 is 0 Å². The lowest BCUT2D eigenvalue weighted by atomic mass is 10.2. The van der Waals surface area contributed by atoms with Gasteiger partial charge in [-0.3, -0.25) is 0 Å². The van der Waals surface area contributed by atoms with E-state index in [4.69, 9.17) is 11.6 Å². The van der Waals surface area contributed by atoms with Gasteiger partial charge in [-0.2, -0.15) is 0 Å². The summed E-state index contributed by atoms with van der Waals surface area (Å²) in [5.74, 6) is 0.856. The second-order valence-electron chi connectivity index (χ2n) is 2.92. The van der Waals surface area contributed by atoms with Gasteiger partial charge >= 0.3 is 0 Å². The number of benzene rings is 1. The second kappa shape index (κ2) is 5.45. The fourth-order valence-corrected chi connectivity index (χ4v) is 0.939. The van der Waals surface area contributed by atoms with Crippen LogP contribution in [0.4, 0.5) is 0 Å². The van der Waals surface area contributed by atoms with Gasteiger partial charge in [-0.1, -0.05) is 34.5 Å². The van der Waals surface area contributed by atoms with Gasteiger partial charge in [-0.25, -0.2) is 0 Å². The Hall–Kier alpha value is -1.28. The largest absolute Gasteiger partial charge is 0.362 e. The van der Waals surface area contributed by atoms with Crippen LogP contribution in [0, 0.1) is 13.8 Å². The number of hydrogen-bond donors (Lipinski definition) is 0. The lowest BCUT2D eigenvalue weighted by molar-refractivity contribution is 0.397. The summed E-state index contributed by atoms with van der Waals surface area (Å²) in [6, 6.07) is 9.55. The minimum atomic E-state index is 0.801. The first-order valence-corrected chi connectivity index (χ1v) is 4.66. The van der Waals surface area contributed by atoms with E-state index in [1.807, 2.05) is 38.1 Å². The molecule has 0 aliphatic heterocycles. The van der Waals surface area contributed by atoms with Gasteiger partial charge in [0.25, 0.3) is 0 Å². The van der Waals surface area contributed by atoms with Gasteiger partial charge in [0.1, 0.15) is 5.76 Å². The summed E-state index contributed by atoms with van der Waals surface area (Å²) in [5, 5.41) is 4.25. The fourth-order valence-electron chi connectivity index (χ4n) is 0.813. The molecule has 1 aromatic carbocycles. The molecule has 3 heteroatoms. The highest BCUT2D eigenvalue weighted by Gasteiger charge is 1.81. The molecule has 2 aromatic rings. The molecule has 0 saturated carbocycles. The van der Waals surface area contributed by atoms with E-state index >= 15 is 0 Å². The maximum absolute atomic E-state index is 5.61. The van der Waals surface area contributed by atoms with Crippen LogP contribution in [0.3, 0.4) is 0 Å². The van der Waals surface area contributed by atoms with Crippen LogP contribution in [0.15, 0.2) is 41.1 Å². The Labute approximate surface area is 88.5 Å². The Morgan fingerprint density at radius 3 is 2.00 bits per heavy atom. The van der Waals surface area contributed by atoms with Crippen molar-refractivity contribution in [1.29, 1.82) is 0 Å². The fraction of sp³-hybridized carbons (Fsp3) is 0.182. The molecule has 0 N–H and O–H groups in total. The van der Waals surface area contributed by atoms with Crippen molar-refractivity contribution in [2.24, 2.45) is 0 Å². The molecule has 0 amide bonds. The molecule has 14 heavy (non-hydrogen) atoms. The highest BCUT2D eigenvalue weighted by Crippen LogP contribution is 2.07. The molecule has 0 atom stereocenters. The minimum absolute atomic E-state index is 0.801. The van der Waals surface area contributed by atoms with E-state index in [1.54, 1.807) is 12.3 Å². The quantitative estimate of drug-likeness (QED) is 0.662. The van der Waals surface area contributed by atoms with E-state index in [2.05, 4.69) is 9.68 Å². The number of halogens is 1. The predicted molar refractivity (Wildman–Crippen MR) is 57.4 cm³/mol. The zero-order valence-electron chi connectivity index (χ0n) is 8.20. The summed E-state index contributed by atoms with van der Waals surface area (Å²) < 4.78 is 4.58. The summed E-state index contributed by atoms with van der Waals surface area (Å²) in [5.41, 5.74) is 1.24. The molecule has 1 aromatic heterocycles. The lowest BCUT2D eigenvalue weighted by Gasteiger charge is -1.88. The van der Waals surface area contributed by atoms with E-state index in [9.17, 15) is 0 Å². The molecule has 2 rings (SSSR count). The molecule has 0 unspecified atom stereocenters. The predicted octanol–water partition coefficient (Wildman–Crippen LogP) is 3.63. The smallest absolute Gasteiger partial charge is 0.133 e. The van der Waals surface area contributed by atoms with Crippen molar-refractivity contribution in [3.05, 3.63) is 52.9 Å². The molecular formula is C11H12ClNO. The lowest BCUT2D eigenvalue weighted by Crippen LogP contribution is -1.66. The summed E-state index contributed by atoms with van der Waals surface area (Å²) in [4.78, 5) is 0. The Balaban J connectivity index is 0.000000146. The normalized spacial score (nSPS) is 9.07. The second-order valence-corrected chi connectivity index (χ2v) is 3.36. The van der Waals surface area contributed by atoms with Crippen molar-refractivity contribution in [3.63, 3.8) is 0 Å². The van der Waals surface area contributed by atoms with E-state index in [-0.39, 0.29) is 0 Å². The van der Waals surface area contributed by atoms with E-state index in [1.165, 1.54) is 5.56 Å². The standard InChI is InChI=1S/C7H7Cl.C4H5NO/c1-6-2-4-7(8)5-3-6;1-4-2-3-5-6-4/h2-5H,1H3;2-3H,1H3. The Bertz CT molecular complexity index is 332. The SMILES string of the molecule is Cc1ccc(Cl)cc1.Cc1ccno1. The highest BCUT2D eigenvalue weighted by molar-refractivity contribution is 6.30. The molecule has 0 spiro atoms. The van der Waals surface area contributed by atoms with Crippen molar-refractivity contribution >= 4 is 11.6 Å². The molecule has 1 heterocycles. The van der Waals surface area contributed by atoms with E-state index < -0.39 is 0 Å². The third-order valence-corrected chi connectivity index (χ3v) is 1.83. The summed E-state index contributed by atoms with van der Waals surface area (Å²) >= 11 is 5.61. The van der Waals surface area contributed by atoms with Gasteiger partial charge in [0.2, 0.25) is 0 Å². The molecule has 74 valence electrons.